The molecule has 6 unspecified atom stereocenters. The van der Waals surface area contributed by atoms with Crippen LogP contribution in [0.15, 0.2) is 23.8 Å². The maximum atomic E-state index is 11.1. The maximum absolute atomic E-state index is 11.1. The van der Waals surface area contributed by atoms with Gasteiger partial charge in [0.1, 0.15) is 0 Å². The fourth-order valence-corrected chi connectivity index (χ4v) is 6.36. The summed E-state index contributed by atoms with van der Waals surface area (Å²) < 4.78 is 5.54. The highest BCUT2D eigenvalue weighted by molar-refractivity contribution is 5.89. The summed E-state index contributed by atoms with van der Waals surface area (Å²) in [7, 11) is 1.62. The van der Waals surface area contributed by atoms with E-state index in [4.69, 9.17) is 20.9 Å². The van der Waals surface area contributed by atoms with Crippen LogP contribution in [0.5, 0.6) is 0 Å². The number of aliphatic hydroxyl groups is 1. The van der Waals surface area contributed by atoms with Crippen LogP contribution in [0.2, 0.25) is 0 Å². The van der Waals surface area contributed by atoms with E-state index in [1.165, 1.54) is 0 Å². The molecule has 7 atom stereocenters. The van der Waals surface area contributed by atoms with Crippen molar-refractivity contribution in [3.63, 3.8) is 0 Å². The molecule has 0 aromatic heterocycles. The maximum Gasteiger partial charge on any atom is 0.206 e. The summed E-state index contributed by atoms with van der Waals surface area (Å²) in [5.74, 6) is 5.61. The molecule has 5 heteroatoms. The highest BCUT2D eigenvalue weighted by atomic mass is 16.8. The molecule has 0 radical (unpaired) electrons. The van der Waals surface area contributed by atoms with Crippen LogP contribution < -0.4 is 5.90 Å². The van der Waals surface area contributed by atoms with Crippen LogP contribution in [0.4, 0.5) is 0 Å². The molecule has 2 fully saturated rings. The molecule has 0 spiro atoms. The molecule has 25 heavy (non-hydrogen) atoms. The first-order valence-corrected chi connectivity index (χ1v) is 9.40. The second kappa shape index (κ2) is 5.49. The van der Waals surface area contributed by atoms with E-state index in [2.05, 4.69) is 26.0 Å². The normalized spacial score (nSPS) is 51.6. The Morgan fingerprint density at radius 2 is 2.04 bits per heavy atom. The lowest BCUT2D eigenvalue weighted by Gasteiger charge is -2.57. The largest absolute Gasteiger partial charge is 0.393 e. The van der Waals surface area contributed by atoms with E-state index in [1.54, 1.807) is 7.11 Å². The quantitative estimate of drug-likeness (QED) is 0.530. The summed E-state index contributed by atoms with van der Waals surface area (Å²) in [5.41, 5.74) is 1.73. The predicted octanol–water partition coefficient (Wildman–Crippen LogP) is 2.95. The Morgan fingerprint density at radius 3 is 2.72 bits per heavy atom. The first-order chi connectivity index (χ1) is 11.8. The van der Waals surface area contributed by atoms with E-state index in [0.717, 1.165) is 30.5 Å². The minimum Gasteiger partial charge on any atom is -0.393 e. The second-order valence-electron chi connectivity index (χ2n) is 8.93. The lowest BCUT2D eigenvalue weighted by molar-refractivity contribution is -0.207. The van der Waals surface area contributed by atoms with E-state index in [-0.39, 0.29) is 16.7 Å². The molecule has 4 rings (SSSR count). The van der Waals surface area contributed by atoms with Crippen molar-refractivity contribution in [3.8, 4) is 0 Å². The minimum absolute atomic E-state index is 0.106. The third-order valence-corrected chi connectivity index (χ3v) is 7.95. The van der Waals surface area contributed by atoms with E-state index in [9.17, 15) is 5.11 Å². The topological polar surface area (TPSA) is 88.6 Å². The zero-order chi connectivity index (χ0) is 18.0. The average molecular weight is 346 g/mol. The summed E-state index contributed by atoms with van der Waals surface area (Å²) in [6.45, 7) is 4.45. The molecule has 0 amide bonds. The molecule has 0 bridgehead atoms. The summed E-state index contributed by atoms with van der Waals surface area (Å²) in [6.07, 6.45) is 10.3. The van der Waals surface area contributed by atoms with Crippen molar-refractivity contribution in [2.75, 3.05) is 7.11 Å². The van der Waals surface area contributed by atoms with E-state index < -0.39 is 11.9 Å². The molecule has 2 saturated carbocycles. The van der Waals surface area contributed by atoms with Crippen molar-refractivity contribution >= 4 is 5.71 Å². The van der Waals surface area contributed by atoms with Crippen LogP contribution in [0.3, 0.4) is 0 Å². The third kappa shape index (κ3) is 2.19. The summed E-state index contributed by atoms with van der Waals surface area (Å²) >= 11 is 0. The summed E-state index contributed by atoms with van der Waals surface area (Å²) in [5, 5.41) is 19.5. The van der Waals surface area contributed by atoms with Crippen molar-refractivity contribution in [2.24, 2.45) is 34.5 Å². The van der Waals surface area contributed by atoms with Gasteiger partial charge >= 0.3 is 0 Å². The molecule has 0 aliphatic heterocycles. The van der Waals surface area contributed by atoms with Crippen LogP contribution in [-0.4, -0.2) is 29.8 Å². The van der Waals surface area contributed by atoms with Gasteiger partial charge in [-0.2, -0.15) is 0 Å². The zero-order valence-electron chi connectivity index (χ0n) is 15.4. The number of aliphatic hydroxyl groups excluding tert-OH is 1. The molecular weight excluding hydrogens is 316 g/mol. The van der Waals surface area contributed by atoms with Crippen molar-refractivity contribution in [1.29, 1.82) is 5.41 Å². The number of rotatable bonds is 2. The number of methoxy groups -OCH3 is 1. The van der Waals surface area contributed by atoms with Gasteiger partial charge in [0, 0.05) is 30.6 Å². The van der Waals surface area contributed by atoms with Gasteiger partial charge in [0.25, 0.3) is 0 Å². The highest BCUT2D eigenvalue weighted by Gasteiger charge is 2.60. The number of nitrogens with two attached hydrogens (primary N) is 1. The minimum atomic E-state index is -0.865. The first-order valence-electron chi connectivity index (χ1n) is 9.40. The Hall–Kier alpha value is -1.01. The van der Waals surface area contributed by atoms with Gasteiger partial charge in [-0.15, -0.1) is 0 Å². The lowest BCUT2D eigenvalue weighted by Crippen LogP contribution is -2.56. The van der Waals surface area contributed by atoms with Gasteiger partial charge in [-0.3, -0.25) is 4.84 Å². The van der Waals surface area contributed by atoms with E-state index in [1.807, 2.05) is 6.08 Å². The van der Waals surface area contributed by atoms with Gasteiger partial charge in [0.15, 0.2) is 0 Å². The standard InChI is InChI=1S/C20H30N2O3/c1-18-8-9-20(24-3,25-22)10-12(18)4-5-13-14-6-7-16(21)19(14,2)11-15(23)17(13)18/h4-5,10,13-15,17,21,23H,6-9,11,22H2,1-3H3/t13?,14?,15-,17?,18?,19?,20?/m1/s1. The lowest BCUT2D eigenvalue weighted by atomic mass is 9.48. The highest BCUT2D eigenvalue weighted by Crippen LogP contribution is 2.63. The molecular formula is C20H30N2O3. The number of allylic oxidation sites excluding steroid dienone is 3. The Morgan fingerprint density at radius 1 is 1.28 bits per heavy atom. The van der Waals surface area contributed by atoms with Crippen molar-refractivity contribution in [1.82, 2.24) is 0 Å². The van der Waals surface area contributed by atoms with Crippen LogP contribution in [0, 0.1) is 34.0 Å². The Bertz CT molecular complexity index is 653. The smallest absolute Gasteiger partial charge is 0.206 e. The monoisotopic (exact) mass is 346 g/mol. The number of hydrogen-bond acceptors (Lipinski definition) is 5. The molecule has 138 valence electrons. The second-order valence-corrected chi connectivity index (χ2v) is 8.93. The van der Waals surface area contributed by atoms with Gasteiger partial charge in [-0.1, -0.05) is 26.0 Å². The summed E-state index contributed by atoms with van der Waals surface area (Å²) in [6, 6.07) is 0. The first kappa shape index (κ1) is 17.4. The Labute approximate surface area is 149 Å². The van der Waals surface area contributed by atoms with Gasteiger partial charge in [0.2, 0.25) is 5.79 Å². The number of fused-ring (bicyclic) bond motifs is 5. The Balaban J connectivity index is 1.78. The molecule has 4 aliphatic carbocycles. The van der Waals surface area contributed by atoms with Gasteiger partial charge in [-0.25, -0.2) is 5.90 Å². The predicted molar refractivity (Wildman–Crippen MR) is 95.7 cm³/mol. The molecule has 4 N–H and O–H groups in total. The van der Waals surface area contributed by atoms with Gasteiger partial charge < -0.3 is 15.3 Å². The van der Waals surface area contributed by atoms with Crippen LogP contribution >= 0.6 is 0 Å². The average Bonchev–Trinajstić information content (AvgIpc) is 2.89. The van der Waals surface area contributed by atoms with Crippen molar-refractivity contribution < 1.29 is 14.7 Å². The molecule has 4 aliphatic rings. The van der Waals surface area contributed by atoms with Gasteiger partial charge in [-0.05, 0) is 54.6 Å². The van der Waals surface area contributed by atoms with Crippen LogP contribution in [0.25, 0.3) is 0 Å². The molecule has 0 heterocycles. The van der Waals surface area contributed by atoms with Crippen LogP contribution in [0.1, 0.15) is 46.0 Å². The summed E-state index contributed by atoms with van der Waals surface area (Å²) in [4.78, 5) is 5.16. The molecule has 0 aromatic carbocycles. The van der Waals surface area contributed by atoms with E-state index >= 15 is 0 Å². The number of hydrogen-bond donors (Lipinski definition) is 3. The molecule has 0 saturated heterocycles. The molecule has 0 aromatic rings. The molecule has 5 nitrogen and oxygen atoms in total. The van der Waals surface area contributed by atoms with Crippen LogP contribution in [-0.2, 0) is 9.57 Å². The van der Waals surface area contributed by atoms with Gasteiger partial charge in [0.05, 0.1) is 6.10 Å². The number of ether oxygens (including phenoxy) is 1. The fourth-order valence-electron chi connectivity index (χ4n) is 6.36. The van der Waals surface area contributed by atoms with Crippen molar-refractivity contribution in [3.05, 3.63) is 23.8 Å². The fraction of sp³-hybridized carbons (Fsp3) is 0.750. The number of nitrogens with one attached hydrogen (secondary N) is 1. The van der Waals surface area contributed by atoms with E-state index in [0.29, 0.717) is 24.7 Å². The Kier molecular flexibility index (Phi) is 3.82. The third-order valence-electron chi connectivity index (χ3n) is 7.95. The zero-order valence-corrected chi connectivity index (χ0v) is 15.4. The van der Waals surface area contributed by atoms with Crippen molar-refractivity contribution in [2.45, 2.75) is 57.8 Å². The SMILES string of the molecule is COC1(ON)C=C2C=CC3C4CCC(=N)C4(C)C[C@@H](O)C3C2(C)CC1.